The Kier molecular flexibility index (Phi) is 6.33. The number of hydrogen-bond donors (Lipinski definition) is 1. The van der Waals surface area contributed by atoms with Crippen LogP contribution in [0.2, 0.25) is 5.02 Å². The van der Waals surface area contributed by atoms with Gasteiger partial charge in [-0.25, -0.2) is 0 Å². The van der Waals surface area contributed by atoms with E-state index in [1.807, 2.05) is 23.1 Å². The molecule has 1 aliphatic heterocycles. The first kappa shape index (κ1) is 15.8. The van der Waals surface area contributed by atoms with Crippen LogP contribution >= 0.6 is 27.5 Å². The van der Waals surface area contributed by atoms with Crippen molar-refractivity contribution in [1.29, 1.82) is 0 Å². The van der Waals surface area contributed by atoms with Crippen LogP contribution in [0, 0.1) is 0 Å². The van der Waals surface area contributed by atoms with Gasteiger partial charge in [0.2, 0.25) is 5.91 Å². The summed E-state index contributed by atoms with van der Waals surface area (Å²) in [7, 11) is 0. The number of carbonyl (C=O) groups excluding carboxylic acids is 1. The van der Waals surface area contributed by atoms with Gasteiger partial charge < -0.3 is 10.2 Å². The van der Waals surface area contributed by atoms with Crippen molar-refractivity contribution >= 4 is 33.4 Å². The topological polar surface area (TPSA) is 32.3 Å². The van der Waals surface area contributed by atoms with E-state index in [1.54, 1.807) is 0 Å². The molecule has 1 aromatic rings. The predicted octanol–water partition coefficient (Wildman–Crippen LogP) is 3.59. The number of amides is 1. The molecule has 0 aliphatic carbocycles. The molecule has 0 aromatic heterocycles. The Morgan fingerprint density at radius 1 is 1.30 bits per heavy atom. The van der Waals surface area contributed by atoms with E-state index in [2.05, 4.69) is 21.2 Å². The molecule has 0 saturated carbocycles. The molecule has 0 atom stereocenters. The van der Waals surface area contributed by atoms with E-state index in [-0.39, 0.29) is 5.91 Å². The van der Waals surface area contributed by atoms with Gasteiger partial charge in [0.05, 0.1) is 0 Å². The van der Waals surface area contributed by atoms with Crippen LogP contribution in [0.25, 0.3) is 0 Å². The Balaban J connectivity index is 1.70. The zero-order chi connectivity index (χ0) is 14.4. The van der Waals surface area contributed by atoms with Crippen molar-refractivity contribution in [3.8, 4) is 0 Å². The van der Waals surface area contributed by atoms with E-state index in [0.29, 0.717) is 19.5 Å². The summed E-state index contributed by atoms with van der Waals surface area (Å²) in [4.78, 5) is 14.0. The fourth-order valence-corrected chi connectivity index (χ4v) is 2.99. The summed E-state index contributed by atoms with van der Waals surface area (Å²) < 4.78 is 1.02. The van der Waals surface area contributed by atoms with Gasteiger partial charge in [-0.05, 0) is 43.0 Å². The molecular formula is C15H20BrClN2O. The minimum absolute atomic E-state index is 0.262. The fraction of sp³-hybridized carbons (Fsp3) is 0.533. The van der Waals surface area contributed by atoms with Gasteiger partial charge in [0, 0.05) is 42.1 Å². The van der Waals surface area contributed by atoms with Crippen molar-refractivity contribution in [3.63, 3.8) is 0 Å². The number of likely N-dealkylation sites (tertiary alicyclic amines) is 1. The molecule has 1 fully saturated rings. The van der Waals surface area contributed by atoms with Crippen LogP contribution in [0.4, 0.5) is 0 Å². The number of piperidine rings is 1. The number of rotatable bonds is 5. The zero-order valence-electron chi connectivity index (χ0n) is 11.5. The zero-order valence-corrected chi connectivity index (χ0v) is 13.8. The first-order chi connectivity index (χ1) is 9.66. The van der Waals surface area contributed by atoms with Gasteiger partial charge in [-0.2, -0.15) is 0 Å². The lowest BCUT2D eigenvalue weighted by Crippen LogP contribution is -2.37. The van der Waals surface area contributed by atoms with Crippen LogP contribution < -0.4 is 5.32 Å². The largest absolute Gasteiger partial charge is 0.343 e. The number of hydrogen-bond acceptors (Lipinski definition) is 2. The first-order valence-corrected chi connectivity index (χ1v) is 8.26. The lowest BCUT2D eigenvalue weighted by atomic mass is 10.1. The highest BCUT2D eigenvalue weighted by Gasteiger charge is 2.15. The summed E-state index contributed by atoms with van der Waals surface area (Å²) in [6.45, 7) is 3.23. The summed E-state index contributed by atoms with van der Waals surface area (Å²) in [6, 6.07) is 5.80. The fourth-order valence-electron chi connectivity index (χ4n) is 2.40. The van der Waals surface area contributed by atoms with Crippen LogP contribution in [0.3, 0.4) is 0 Å². The van der Waals surface area contributed by atoms with Crippen LogP contribution in [0.5, 0.6) is 0 Å². The molecule has 1 N–H and O–H groups in total. The van der Waals surface area contributed by atoms with E-state index in [4.69, 9.17) is 11.6 Å². The van der Waals surface area contributed by atoms with Gasteiger partial charge in [0.15, 0.2) is 0 Å². The molecular weight excluding hydrogens is 340 g/mol. The van der Waals surface area contributed by atoms with Gasteiger partial charge in [-0.15, -0.1) is 0 Å². The molecule has 0 spiro atoms. The summed E-state index contributed by atoms with van der Waals surface area (Å²) in [5.41, 5.74) is 1.05. The van der Waals surface area contributed by atoms with E-state index in [0.717, 1.165) is 41.0 Å². The standard InChI is InChI=1S/C15H20BrClN2O/c16-13-4-5-14(17)12(10-13)11-18-7-6-15(20)19-8-2-1-3-9-19/h4-5,10,18H,1-3,6-9,11H2. The molecule has 20 heavy (non-hydrogen) atoms. The molecule has 0 radical (unpaired) electrons. The first-order valence-electron chi connectivity index (χ1n) is 7.09. The molecule has 1 saturated heterocycles. The highest BCUT2D eigenvalue weighted by molar-refractivity contribution is 9.10. The van der Waals surface area contributed by atoms with E-state index >= 15 is 0 Å². The third-order valence-corrected chi connectivity index (χ3v) is 4.41. The summed E-state index contributed by atoms with van der Waals surface area (Å²) in [5, 5.41) is 4.04. The molecule has 1 heterocycles. The number of carbonyl (C=O) groups is 1. The number of halogens is 2. The molecule has 1 aliphatic rings. The van der Waals surface area contributed by atoms with Crippen LogP contribution in [0.15, 0.2) is 22.7 Å². The Hall–Kier alpha value is -0.580. The Morgan fingerprint density at radius 3 is 2.80 bits per heavy atom. The van der Waals surface area contributed by atoms with Gasteiger partial charge in [-0.1, -0.05) is 27.5 Å². The summed E-state index contributed by atoms with van der Waals surface area (Å²) in [5.74, 6) is 0.262. The molecule has 0 unspecified atom stereocenters. The Morgan fingerprint density at radius 2 is 2.05 bits per heavy atom. The second kappa shape index (κ2) is 8.01. The van der Waals surface area contributed by atoms with Crippen LogP contribution in [0.1, 0.15) is 31.2 Å². The maximum atomic E-state index is 12.0. The second-order valence-corrected chi connectivity index (χ2v) is 6.43. The predicted molar refractivity (Wildman–Crippen MR) is 85.9 cm³/mol. The van der Waals surface area contributed by atoms with E-state index in [9.17, 15) is 4.79 Å². The van der Waals surface area contributed by atoms with Gasteiger partial charge >= 0.3 is 0 Å². The van der Waals surface area contributed by atoms with Gasteiger partial charge in [-0.3, -0.25) is 4.79 Å². The minimum atomic E-state index is 0.262. The number of benzene rings is 1. The molecule has 3 nitrogen and oxygen atoms in total. The Labute approximate surface area is 133 Å². The molecule has 2 rings (SSSR count). The van der Waals surface area contributed by atoms with Crippen molar-refractivity contribution in [2.45, 2.75) is 32.2 Å². The van der Waals surface area contributed by atoms with Crippen molar-refractivity contribution in [2.75, 3.05) is 19.6 Å². The van der Waals surface area contributed by atoms with Crippen molar-refractivity contribution in [2.24, 2.45) is 0 Å². The SMILES string of the molecule is O=C(CCNCc1cc(Br)ccc1Cl)N1CCCCC1. The monoisotopic (exact) mass is 358 g/mol. The summed E-state index contributed by atoms with van der Waals surface area (Å²) in [6.07, 6.45) is 4.11. The summed E-state index contributed by atoms with van der Waals surface area (Å²) >= 11 is 9.56. The Bertz CT molecular complexity index is 461. The maximum Gasteiger partial charge on any atom is 0.223 e. The molecule has 1 aromatic carbocycles. The quantitative estimate of drug-likeness (QED) is 0.815. The van der Waals surface area contributed by atoms with Crippen molar-refractivity contribution < 1.29 is 4.79 Å². The number of nitrogens with zero attached hydrogens (tertiary/aromatic N) is 1. The average molecular weight is 360 g/mol. The molecule has 5 heteroatoms. The van der Waals surface area contributed by atoms with Crippen LogP contribution in [-0.2, 0) is 11.3 Å². The highest BCUT2D eigenvalue weighted by atomic mass is 79.9. The molecule has 1 amide bonds. The third kappa shape index (κ3) is 4.76. The van der Waals surface area contributed by atoms with Crippen molar-refractivity contribution in [3.05, 3.63) is 33.3 Å². The normalized spacial score (nSPS) is 15.4. The van der Waals surface area contributed by atoms with Gasteiger partial charge in [0.1, 0.15) is 0 Å². The molecule has 0 bridgehead atoms. The lowest BCUT2D eigenvalue weighted by molar-refractivity contribution is -0.131. The van der Waals surface area contributed by atoms with Gasteiger partial charge in [0.25, 0.3) is 0 Å². The van der Waals surface area contributed by atoms with Crippen LogP contribution in [-0.4, -0.2) is 30.4 Å². The number of nitrogens with one attached hydrogen (secondary N) is 1. The smallest absolute Gasteiger partial charge is 0.223 e. The van der Waals surface area contributed by atoms with E-state index in [1.165, 1.54) is 6.42 Å². The van der Waals surface area contributed by atoms with Crippen molar-refractivity contribution in [1.82, 2.24) is 10.2 Å². The second-order valence-electron chi connectivity index (χ2n) is 5.10. The molecule has 110 valence electrons. The lowest BCUT2D eigenvalue weighted by Gasteiger charge is -2.26. The maximum absolute atomic E-state index is 12.0. The van der Waals surface area contributed by atoms with E-state index < -0.39 is 0 Å². The third-order valence-electron chi connectivity index (χ3n) is 3.55. The highest BCUT2D eigenvalue weighted by Crippen LogP contribution is 2.20. The minimum Gasteiger partial charge on any atom is -0.343 e. The average Bonchev–Trinajstić information content (AvgIpc) is 2.47.